The largest absolute Gasteiger partial charge is 0.494 e. The van der Waals surface area contributed by atoms with Crippen LogP contribution in [0.15, 0.2) is 70.5 Å². The number of nitrogens with one attached hydrogen (secondary N) is 1. The number of fused-ring (bicyclic) bond motifs is 1. The molecule has 31 heavy (non-hydrogen) atoms. The van der Waals surface area contributed by atoms with Crippen LogP contribution in [0, 0.1) is 6.92 Å². The topological polar surface area (TPSA) is 77.2 Å². The van der Waals surface area contributed by atoms with Crippen LogP contribution in [-0.4, -0.2) is 22.5 Å². The molecule has 0 saturated carbocycles. The summed E-state index contributed by atoms with van der Waals surface area (Å²) in [5.41, 5.74) is 3.15. The summed E-state index contributed by atoms with van der Waals surface area (Å²) in [7, 11) is 0. The van der Waals surface area contributed by atoms with Crippen LogP contribution in [0.2, 0.25) is 0 Å². The van der Waals surface area contributed by atoms with Gasteiger partial charge >= 0.3 is 0 Å². The Morgan fingerprint density at radius 1 is 1.13 bits per heavy atom. The summed E-state index contributed by atoms with van der Waals surface area (Å²) in [4.78, 5) is 21.6. The number of hydrogen-bond acceptors (Lipinski definition) is 6. The average Bonchev–Trinajstić information content (AvgIpc) is 3.17. The van der Waals surface area contributed by atoms with Crippen molar-refractivity contribution < 1.29 is 13.9 Å². The van der Waals surface area contributed by atoms with Crippen molar-refractivity contribution in [2.45, 2.75) is 31.2 Å². The highest BCUT2D eigenvalue weighted by Gasteiger charge is 2.21. The van der Waals surface area contributed by atoms with Crippen LogP contribution in [0.3, 0.4) is 0 Å². The van der Waals surface area contributed by atoms with Crippen molar-refractivity contribution in [1.29, 1.82) is 0 Å². The number of nitrogens with zero attached hydrogens (tertiary/aromatic N) is 2. The van der Waals surface area contributed by atoms with Gasteiger partial charge in [0.2, 0.25) is 0 Å². The average molecular weight is 434 g/mol. The summed E-state index contributed by atoms with van der Waals surface area (Å²) >= 11 is 1.46. The molecule has 0 spiro atoms. The highest BCUT2D eigenvalue weighted by Crippen LogP contribution is 2.32. The van der Waals surface area contributed by atoms with Crippen molar-refractivity contribution >= 4 is 34.3 Å². The Hall–Kier alpha value is -3.32. The molecule has 1 N–H and O–H groups in total. The number of rotatable bonds is 8. The van der Waals surface area contributed by atoms with Crippen LogP contribution in [0.4, 0.5) is 5.69 Å². The Kier molecular flexibility index (Phi) is 6.52. The van der Waals surface area contributed by atoms with E-state index >= 15 is 0 Å². The van der Waals surface area contributed by atoms with E-state index in [4.69, 9.17) is 9.15 Å². The van der Waals surface area contributed by atoms with Crippen molar-refractivity contribution in [3.05, 3.63) is 77.8 Å². The Labute approximate surface area is 185 Å². The maximum Gasteiger partial charge on any atom is 0.291 e. The van der Waals surface area contributed by atoms with Gasteiger partial charge in [-0.05, 0) is 49.2 Å². The number of benzene rings is 2. The monoisotopic (exact) mass is 433 g/mol. The van der Waals surface area contributed by atoms with E-state index in [1.165, 1.54) is 11.8 Å². The molecule has 7 heteroatoms. The molecule has 0 aliphatic heterocycles. The summed E-state index contributed by atoms with van der Waals surface area (Å²) in [6.45, 7) is 4.67. The molecular formula is C24H23N3O3S. The third kappa shape index (κ3) is 4.88. The maximum absolute atomic E-state index is 13.1. The number of anilines is 1. The van der Waals surface area contributed by atoms with E-state index in [2.05, 4.69) is 22.2 Å². The second-order valence-corrected chi connectivity index (χ2v) is 7.95. The quantitative estimate of drug-likeness (QED) is 0.277. The number of ether oxygens (including phenoxy) is 1. The first kappa shape index (κ1) is 20.9. The number of para-hydroxylation sites is 1. The fourth-order valence-corrected chi connectivity index (χ4v) is 4.02. The minimum Gasteiger partial charge on any atom is -0.494 e. The third-order valence-electron chi connectivity index (χ3n) is 4.71. The van der Waals surface area contributed by atoms with Gasteiger partial charge in [-0.1, -0.05) is 36.9 Å². The lowest BCUT2D eigenvalue weighted by molar-refractivity contribution is 0.0997. The zero-order chi connectivity index (χ0) is 21.6. The number of thioether (sulfide) groups is 1. The van der Waals surface area contributed by atoms with E-state index in [1.807, 2.05) is 49.4 Å². The maximum atomic E-state index is 13.1. The highest BCUT2D eigenvalue weighted by atomic mass is 32.2. The van der Waals surface area contributed by atoms with Crippen molar-refractivity contribution in [2.75, 3.05) is 11.9 Å². The fourth-order valence-electron chi connectivity index (χ4n) is 3.19. The SMILES string of the molecule is CCCOc1ccc(NC(=O)c2oc3ccccc3c2CSc2ncccn2)c(C)c1. The first-order valence-corrected chi connectivity index (χ1v) is 11.1. The molecule has 2 heterocycles. The Morgan fingerprint density at radius 2 is 1.94 bits per heavy atom. The molecule has 158 valence electrons. The molecule has 0 unspecified atom stereocenters. The number of aromatic nitrogens is 2. The molecule has 0 aliphatic carbocycles. The van der Waals surface area contributed by atoms with Gasteiger partial charge in [-0.15, -0.1) is 0 Å². The molecule has 4 aromatic rings. The van der Waals surface area contributed by atoms with E-state index in [9.17, 15) is 4.79 Å². The first-order chi connectivity index (χ1) is 15.2. The van der Waals surface area contributed by atoms with Gasteiger partial charge in [0.1, 0.15) is 11.3 Å². The summed E-state index contributed by atoms with van der Waals surface area (Å²) in [6.07, 6.45) is 4.35. The lowest BCUT2D eigenvalue weighted by Gasteiger charge is -2.11. The zero-order valence-electron chi connectivity index (χ0n) is 17.4. The van der Waals surface area contributed by atoms with Crippen LogP contribution in [0.1, 0.15) is 35.0 Å². The van der Waals surface area contributed by atoms with Crippen LogP contribution in [0.25, 0.3) is 11.0 Å². The summed E-state index contributed by atoms with van der Waals surface area (Å²) in [5.74, 6) is 1.33. The predicted octanol–water partition coefficient (Wildman–Crippen LogP) is 5.86. The summed E-state index contributed by atoms with van der Waals surface area (Å²) in [5, 5.41) is 4.54. The molecule has 0 fully saturated rings. The van der Waals surface area contributed by atoms with E-state index in [1.54, 1.807) is 18.5 Å². The third-order valence-corrected chi connectivity index (χ3v) is 5.61. The molecule has 0 aliphatic rings. The van der Waals surface area contributed by atoms with Crippen molar-refractivity contribution in [1.82, 2.24) is 9.97 Å². The van der Waals surface area contributed by atoms with Gasteiger partial charge in [-0.25, -0.2) is 9.97 Å². The van der Waals surface area contributed by atoms with Gasteiger partial charge in [-0.2, -0.15) is 0 Å². The number of carbonyl (C=O) groups excluding carboxylic acids is 1. The Balaban J connectivity index is 1.59. The lowest BCUT2D eigenvalue weighted by atomic mass is 10.1. The van der Waals surface area contributed by atoms with Gasteiger partial charge in [0.25, 0.3) is 5.91 Å². The molecule has 2 aromatic heterocycles. The second-order valence-electron chi connectivity index (χ2n) is 7.01. The number of carbonyl (C=O) groups is 1. The molecular weight excluding hydrogens is 410 g/mol. The molecule has 2 aromatic carbocycles. The normalized spacial score (nSPS) is 10.9. The minimum absolute atomic E-state index is 0.286. The molecule has 0 saturated heterocycles. The summed E-state index contributed by atoms with van der Waals surface area (Å²) in [6, 6.07) is 15.1. The van der Waals surface area contributed by atoms with Crippen molar-refractivity contribution in [3.8, 4) is 5.75 Å². The molecule has 4 rings (SSSR count). The van der Waals surface area contributed by atoms with Crippen LogP contribution in [-0.2, 0) is 5.75 Å². The summed E-state index contributed by atoms with van der Waals surface area (Å²) < 4.78 is 11.6. The highest BCUT2D eigenvalue weighted by molar-refractivity contribution is 7.98. The van der Waals surface area contributed by atoms with E-state index < -0.39 is 0 Å². The Bertz CT molecular complexity index is 1190. The Morgan fingerprint density at radius 3 is 2.71 bits per heavy atom. The van der Waals surface area contributed by atoms with Crippen LogP contribution >= 0.6 is 11.8 Å². The lowest BCUT2D eigenvalue weighted by Crippen LogP contribution is -2.13. The van der Waals surface area contributed by atoms with Gasteiger partial charge in [-0.3, -0.25) is 4.79 Å². The molecule has 0 bridgehead atoms. The number of aryl methyl sites for hydroxylation is 1. The predicted molar refractivity (Wildman–Crippen MR) is 123 cm³/mol. The number of hydrogen-bond donors (Lipinski definition) is 1. The second kappa shape index (κ2) is 9.66. The van der Waals surface area contributed by atoms with Crippen LogP contribution in [0.5, 0.6) is 5.75 Å². The fraction of sp³-hybridized carbons (Fsp3) is 0.208. The molecule has 0 atom stereocenters. The van der Waals surface area contributed by atoms with Crippen LogP contribution < -0.4 is 10.1 Å². The molecule has 1 amide bonds. The standard InChI is InChI=1S/C24H23N3O3S/c1-3-13-29-17-9-10-20(16(2)14-17)27-23(28)22-19(15-31-24-25-11-6-12-26-24)18-7-4-5-8-21(18)30-22/h4-12,14H,3,13,15H2,1-2H3,(H,27,28). The molecule has 0 radical (unpaired) electrons. The van der Waals surface area contributed by atoms with Gasteiger partial charge in [0.05, 0.1) is 6.61 Å². The van der Waals surface area contributed by atoms with E-state index in [0.29, 0.717) is 28.9 Å². The van der Waals surface area contributed by atoms with Gasteiger partial charge < -0.3 is 14.5 Å². The smallest absolute Gasteiger partial charge is 0.291 e. The minimum atomic E-state index is -0.286. The van der Waals surface area contributed by atoms with Crippen molar-refractivity contribution in [2.24, 2.45) is 0 Å². The number of furan rings is 1. The van der Waals surface area contributed by atoms with E-state index in [0.717, 1.165) is 34.4 Å². The first-order valence-electron chi connectivity index (χ1n) is 10.1. The van der Waals surface area contributed by atoms with Crippen molar-refractivity contribution in [3.63, 3.8) is 0 Å². The van der Waals surface area contributed by atoms with Gasteiger partial charge in [0.15, 0.2) is 10.9 Å². The molecule has 6 nitrogen and oxygen atoms in total. The number of amides is 1. The van der Waals surface area contributed by atoms with E-state index in [-0.39, 0.29) is 5.91 Å². The van der Waals surface area contributed by atoms with Gasteiger partial charge in [0, 0.05) is 34.8 Å². The zero-order valence-corrected chi connectivity index (χ0v) is 18.2.